The summed E-state index contributed by atoms with van der Waals surface area (Å²) in [6, 6.07) is 7.91. The van der Waals surface area contributed by atoms with Crippen LogP contribution in [0.25, 0.3) is 0 Å². The third-order valence-electron chi connectivity index (χ3n) is 2.72. The lowest BCUT2D eigenvalue weighted by molar-refractivity contribution is -0.153. The van der Waals surface area contributed by atoms with Crippen molar-refractivity contribution in [1.29, 1.82) is 0 Å². The largest absolute Gasteiger partial charge is 0.493 e. The van der Waals surface area contributed by atoms with Gasteiger partial charge in [-0.05, 0) is 19.1 Å². The molecule has 0 radical (unpaired) electrons. The molecular weight excluding hydrogens is 192 g/mol. The molecule has 0 bridgehead atoms. The highest BCUT2D eigenvalue weighted by Gasteiger charge is 2.39. The van der Waals surface area contributed by atoms with Crippen LogP contribution in [0, 0.1) is 12.3 Å². The van der Waals surface area contributed by atoms with Crippen molar-refractivity contribution in [3.8, 4) is 5.75 Å². The molecule has 2 rings (SSSR count). The second-order valence-corrected chi connectivity index (χ2v) is 4.25. The number of ether oxygens (including phenoxy) is 2. The molecule has 3 nitrogen and oxygen atoms in total. The lowest BCUT2D eigenvalue weighted by Gasteiger charge is -2.39. The fourth-order valence-electron chi connectivity index (χ4n) is 1.48. The number of aliphatic hydroxyl groups excluding tert-OH is 1. The van der Waals surface area contributed by atoms with Crippen molar-refractivity contribution in [3.05, 3.63) is 29.8 Å². The summed E-state index contributed by atoms with van der Waals surface area (Å²) in [5, 5.41) is 9.20. The van der Waals surface area contributed by atoms with Gasteiger partial charge in [0.1, 0.15) is 12.4 Å². The standard InChI is InChI=1S/C12H16O3/c1-10-2-4-11(5-3-10)15-9-12(6-13)7-14-8-12/h2-5,13H,6-9H2,1H3. The zero-order valence-electron chi connectivity index (χ0n) is 8.90. The highest BCUT2D eigenvalue weighted by molar-refractivity contribution is 5.26. The van der Waals surface area contributed by atoms with E-state index in [9.17, 15) is 5.11 Å². The van der Waals surface area contributed by atoms with Crippen LogP contribution in [0.5, 0.6) is 5.75 Å². The van der Waals surface area contributed by atoms with Gasteiger partial charge in [0.2, 0.25) is 0 Å². The van der Waals surface area contributed by atoms with Gasteiger partial charge in [-0.15, -0.1) is 0 Å². The average Bonchev–Trinajstić information content (AvgIpc) is 2.20. The van der Waals surface area contributed by atoms with E-state index in [-0.39, 0.29) is 12.0 Å². The first-order valence-corrected chi connectivity index (χ1v) is 5.12. The first-order valence-electron chi connectivity index (χ1n) is 5.12. The van der Waals surface area contributed by atoms with Crippen LogP contribution in [0.4, 0.5) is 0 Å². The first-order chi connectivity index (χ1) is 7.24. The Balaban J connectivity index is 1.90. The third-order valence-corrected chi connectivity index (χ3v) is 2.72. The molecule has 0 amide bonds. The fourth-order valence-corrected chi connectivity index (χ4v) is 1.48. The van der Waals surface area contributed by atoms with Crippen LogP contribution in [0.2, 0.25) is 0 Å². The molecule has 82 valence electrons. The molecule has 1 heterocycles. The zero-order chi connectivity index (χ0) is 10.7. The molecule has 15 heavy (non-hydrogen) atoms. The molecule has 0 spiro atoms. The molecule has 1 aliphatic heterocycles. The Morgan fingerprint density at radius 3 is 2.47 bits per heavy atom. The second kappa shape index (κ2) is 4.21. The predicted molar refractivity (Wildman–Crippen MR) is 57.0 cm³/mol. The maximum atomic E-state index is 9.20. The number of hydrogen-bond donors (Lipinski definition) is 1. The molecule has 1 aliphatic rings. The Hall–Kier alpha value is -1.06. The Labute approximate surface area is 89.6 Å². The SMILES string of the molecule is Cc1ccc(OCC2(CO)COC2)cc1. The Bertz CT molecular complexity index is 309. The number of aryl methyl sites for hydroxylation is 1. The van der Waals surface area contributed by atoms with Gasteiger partial charge in [-0.3, -0.25) is 0 Å². The van der Waals surface area contributed by atoms with Gasteiger partial charge in [-0.1, -0.05) is 17.7 Å². The molecule has 1 aromatic carbocycles. The van der Waals surface area contributed by atoms with Crippen LogP contribution in [-0.2, 0) is 4.74 Å². The quantitative estimate of drug-likeness (QED) is 0.812. The Kier molecular flexibility index (Phi) is 2.93. The van der Waals surface area contributed by atoms with Crippen LogP contribution in [0.3, 0.4) is 0 Å². The average molecular weight is 208 g/mol. The van der Waals surface area contributed by atoms with E-state index in [2.05, 4.69) is 0 Å². The highest BCUT2D eigenvalue weighted by Crippen LogP contribution is 2.27. The molecule has 1 fully saturated rings. The van der Waals surface area contributed by atoms with Gasteiger partial charge in [0.15, 0.2) is 0 Å². The van der Waals surface area contributed by atoms with E-state index in [4.69, 9.17) is 9.47 Å². The van der Waals surface area contributed by atoms with Gasteiger partial charge >= 0.3 is 0 Å². The molecule has 0 atom stereocenters. The van der Waals surface area contributed by atoms with Gasteiger partial charge in [-0.2, -0.15) is 0 Å². The zero-order valence-corrected chi connectivity index (χ0v) is 8.90. The van der Waals surface area contributed by atoms with Gasteiger partial charge in [0.25, 0.3) is 0 Å². The number of aliphatic hydroxyl groups is 1. The van der Waals surface area contributed by atoms with Gasteiger partial charge in [0.05, 0.1) is 25.2 Å². The van der Waals surface area contributed by atoms with Crippen molar-refractivity contribution >= 4 is 0 Å². The second-order valence-electron chi connectivity index (χ2n) is 4.25. The number of rotatable bonds is 4. The molecule has 1 N–H and O–H groups in total. The molecule has 0 aliphatic carbocycles. The van der Waals surface area contributed by atoms with E-state index in [1.54, 1.807) is 0 Å². The summed E-state index contributed by atoms with van der Waals surface area (Å²) in [5.74, 6) is 0.848. The van der Waals surface area contributed by atoms with Crippen molar-refractivity contribution in [3.63, 3.8) is 0 Å². The smallest absolute Gasteiger partial charge is 0.119 e. The van der Waals surface area contributed by atoms with Crippen LogP contribution >= 0.6 is 0 Å². The summed E-state index contributed by atoms with van der Waals surface area (Å²) < 4.78 is 10.7. The third kappa shape index (κ3) is 2.30. The Morgan fingerprint density at radius 1 is 1.33 bits per heavy atom. The van der Waals surface area contributed by atoms with Crippen LogP contribution in [-0.4, -0.2) is 31.5 Å². The normalized spacial score (nSPS) is 18.3. The van der Waals surface area contributed by atoms with Gasteiger partial charge in [0, 0.05) is 0 Å². The van der Waals surface area contributed by atoms with Gasteiger partial charge < -0.3 is 14.6 Å². The first kappa shape index (κ1) is 10.5. The van der Waals surface area contributed by atoms with Crippen LogP contribution in [0.15, 0.2) is 24.3 Å². The van der Waals surface area contributed by atoms with Crippen LogP contribution in [0.1, 0.15) is 5.56 Å². The fraction of sp³-hybridized carbons (Fsp3) is 0.500. The Morgan fingerprint density at radius 2 is 2.00 bits per heavy atom. The lowest BCUT2D eigenvalue weighted by Crippen LogP contribution is -2.49. The van der Waals surface area contributed by atoms with Crippen molar-refractivity contribution in [1.82, 2.24) is 0 Å². The van der Waals surface area contributed by atoms with E-state index in [0.717, 1.165) is 5.75 Å². The molecule has 1 saturated heterocycles. The topological polar surface area (TPSA) is 38.7 Å². The molecule has 0 saturated carbocycles. The van der Waals surface area contributed by atoms with E-state index in [1.165, 1.54) is 5.56 Å². The molecule has 1 aromatic rings. The van der Waals surface area contributed by atoms with Crippen molar-refractivity contribution in [2.45, 2.75) is 6.92 Å². The summed E-state index contributed by atoms with van der Waals surface area (Å²) in [4.78, 5) is 0. The van der Waals surface area contributed by atoms with E-state index >= 15 is 0 Å². The summed E-state index contributed by atoms with van der Waals surface area (Å²) in [6.07, 6.45) is 0. The lowest BCUT2D eigenvalue weighted by atomic mass is 9.88. The van der Waals surface area contributed by atoms with Crippen molar-refractivity contribution in [2.75, 3.05) is 26.4 Å². The minimum Gasteiger partial charge on any atom is -0.493 e. The number of hydrogen-bond acceptors (Lipinski definition) is 3. The van der Waals surface area contributed by atoms with Gasteiger partial charge in [-0.25, -0.2) is 0 Å². The summed E-state index contributed by atoms with van der Waals surface area (Å²) in [6.45, 7) is 3.87. The molecule has 0 aromatic heterocycles. The summed E-state index contributed by atoms with van der Waals surface area (Å²) in [7, 11) is 0. The molecule has 3 heteroatoms. The van der Waals surface area contributed by atoms with Crippen LogP contribution < -0.4 is 4.74 Å². The minimum atomic E-state index is -0.176. The predicted octanol–water partition coefficient (Wildman–Crippen LogP) is 1.38. The van der Waals surface area contributed by atoms with Crippen molar-refractivity contribution < 1.29 is 14.6 Å². The monoisotopic (exact) mass is 208 g/mol. The maximum Gasteiger partial charge on any atom is 0.119 e. The summed E-state index contributed by atoms with van der Waals surface area (Å²) in [5.41, 5.74) is 1.04. The van der Waals surface area contributed by atoms with Crippen molar-refractivity contribution in [2.24, 2.45) is 5.41 Å². The molecular formula is C12H16O3. The molecule has 0 unspecified atom stereocenters. The highest BCUT2D eigenvalue weighted by atomic mass is 16.5. The maximum absolute atomic E-state index is 9.20. The number of benzene rings is 1. The summed E-state index contributed by atoms with van der Waals surface area (Å²) >= 11 is 0. The van der Waals surface area contributed by atoms with E-state index in [1.807, 2.05) is 31.2 Å². The minimum absolute atomic E-state index is 0.124. The van der Waals surface area contributed by atoms with E-state index < -0.39 is 0 Å². The van der Waals surface area contributed by atoms with E-state index in [0.29, 0.717) is 19.8 Å².